The lowest BCUT2D eigenvalue weighted by atomic mass is 9.96. The van der Waals surface area contributed by atoms with Gasteiger partial charge in [-0.05, 0) is 199 Å². The van der Waals surface area contributed by atoms with Crippen molar-refractivity contribution in [2.75, 3.05) is 46.2 Å². The summed E-state index contributed by atoms with van der Waals surface area (Å²) >= 11 is 0. The van der Waals surface area contributed by atoms with E-state index >= 15 is 0 Å². The van der Waals surface area contributed by atoms with Gasteiger partial charge in [-0.15, -0.1) is 0 Å². The highest BCUT2D eigenvalue weighted by Crippen LogP contribution is 2.27. The number of hydrogen-bond acceptors (Lipinski definition) is 12. The summed E-state index contributed by atoms with van der Waals surface area (Å²) in [4.78, 5) is 24.7. The minimum atomic E-state index is -2.20. The minimum Gasteiger partial charge on any atom is -0.491 e. The highest BCUT2D eigenvalue weighted by Gasteiger charge is 2.41. The average molecular weight is 1020 g/mol. The van der Waals surface area contributed by atoms with E-state index in [9.17, 15) is 14.7 Å². The Hall–Kier alpha value is -1.64. The lowest BCUT2D eigenvalue weighted by Crippen LogP contribution is -2.52. The largest absolute Gasteiger partial charge is 0.491 e. The fourth-order valence-corrected chi connectivity index (χ4v) is 32.0. The zero-order valence-electron chi connectivity index (χ0n) is 44.0. The van der Waals surface area contributed by atoms with Gasteiger partial charge < -0.3 is 45.3 Å². The third-order valence-electron chi connectivity index (χ3n) is 8.92. The lowest BCUT2D eigenvalue weighted by molar-refractivity contribution is -0.00414. The molecule has 1 N–H and O–H groups in total. The summed E-state index contributed by atoms with van der Waals surface area (Å²) in [7, 11) is -11.1. The maximum Gasteiger partial charge on any atom is 0.314 e. The van der Waals surface area contributed by atoms with Gasteiger partial charge in [-0.25, -0.2) is 0 Å². The normalized spacial score (nSPS) is 13.3. The molecule has 0 unspecified atom stereocenters. The molecule has 0 bridgehead atoms. The van der Waals surface area contributed by atoms with Crippen molar-refractivity contribution in [3.05, 3.63) is 59.7 Å². The van der Waals surface area contributed by atoms with E-state index in [-0.39, 0.29) is 11.6 Å². The Labute approximate surface area is 401 Å². The SMILES string of the molecule is CC(C)(O)C(=O)c1ccc(OCCOCCC[Si](C)(O[Si](C)(C)C)O[Si](C)(C)C)cc1.CCCOC(C)(C)C(=O)c1ccc(OCCOCCC[Si](C)(O[Si](C)(C)C)O[Si](C)(C)C)cc1. The lowest BCUT2D eigenvalue weighted by Gasteiger charge is -2.38. The van der Waals surface area contributed by atoms with Crippen molar-refractivity contribution in [2.45, 2.75) is 169 Å². The molecule has 0 aliphatic heterocycles. The first-order valence-corrected chi connectivity index (χ1v) is 42.1. The molecule has 2 rings (SSSR count). The molecule has 65 heavy (non-hydrogen) atoms. The van der Waals surface area contributed by atoms with Crippen molar-refractivity contribution in [3.8, 4) is 11.5 Å². The molecule has 18 heteroatoms. The van der Waals surface area contributed by atoms with Gasteiger partial charge in [0.25, 0.3) is 0 Å². The van der Waals surface area contributed by atoms with Crippen molar-refractivity contribution in [2.24, 2.45) is 0 Å². The molecule has 0 saturated heterocycles. The zero-order chi connectivity index (χ0) is 50.0. The molecule has 0 aromatic heterocycles. The molecule has 0 spiro atoms. The molecule has 0 saturated carbocycles. The summed E-state index contributed by atoms with van der Waals surface area (Å²) in [6, 6.07) is 15.9. The van der Waals surface area contributed by atoms with Crippen LogP contribution in [0.15, 0.2) is 48.5 Å². The first-order chi connectivity index (χ1) is 29.6. The summed E-state index contributed by atoms with van der Waals surface area (Å²) in [5, 5.41) is 9.81. The number of rotatable bonds is 31. The predicted octanol–water partition coefficient (Wildman–Crippen LogP) is 11.8. The van der Waals surface area contributed by atoms with E-state index in [0.717, 1.165) is 37.1 Å². The number of ether oxygens (including phenoxy) is 5. The van der Waals surface area contributed by atoms with Gasteiger partial charge >= 0.3 is 17.1 Å². The predicted molar refractivity (Wildman–Crippen MR) is 281 cm³/mol. The third kappa shape index (κ3) is 28.5. The first-order valence-electron chi connectivity index (χ1n) is 23.5. The van der Waals surface area contributed by atoms with Gasteiger partial charge in [-0.3, -0.25) is 9.59 Å². The Morgan fingerprint density at radius 2 is 0.800 bits per heavy atom. The van der Waals surface area contributed by atoms with E-state index in [2.05, 4.69) is 91.7 Å². The Morgan fingerprint density at radius 3 is 1.09 bits per heavy atom. The maximum atomic E-state index is 12.7. The van der Waals surface area contributed by atoms with Crippen molar-refractivity contribution in [1.82, 2.24) is 0 Å². The molecule has 0 amide bonds. The van der Waals surface area contributed by atoms with Crippen LogP contribution >= 0.6 is 0 Å². The van der Waals surface area contributed by atoms with E-state index in [1.54, 1.807) is 36.4 Å². The molecule has 374 valence electrons. The van der Waals surface area contributed by atoms with Gasteiger partial charge in [0.05, 0.1) is 13.2 Å². The van der Waals surface area contributed by atoms with Crippen LogP contribution in [0.2, 0.25) is 104 Å². The molecule has 12 nitrogen and oxygen atoms in total. The topological polar surface area (TPSA) is 137 Å². The molecule has 0 heterocycles. The Kier molecular flexibility index (Phi) is 25.4. The number of hydrogen-bond donors (Lipinski definition) is 1. The van der Waals surface area contributed by atoms with Crippen molar-refractivity contribution < 1.29 is 54.8 Å². The Morgan fingerprint density at radius 1 is 0.477 bits per heavy atom. The zero-order valence-corrected chi connectivity index (χ0v) is 50.0. The second-order valence-corrected chi connectivity index (χ2v) is 47.6. The van der Waals surface area contributed by atoms with Crippen LogP contribution in [-0.2, 0) is 30.7 Å². The molecule has 0 aliphatic rings. The average Bonchev–Trinajstić information content (AvgIpc) is 3.13. The van der Waals surface area contributed by atoms with E-state index in [1.807, 2.05) is 32.9 Å². The molecular weight excluding hydrogens is 925 g/mol. The monoisotopic (exact) mass is 1010 g/mol. The summed E-state index contributed by atoms with van der Waals surface area (Å²) < 4.78 is 54.8. The van der Waals surface area contributed by atoms with Gasteiger partial charge in [0.2, 0.25) is 0 Å². The van der Waals surface area contributed by atoms with E-state index in [4.69, 9.17) is 40.1 Å². The van der Waals surface area contributed by atoms with Crippen molar-refractivity contribution in [3.63, 3.8) is 0 Å². The van der Waals surface area contributed by atoms with Crippen LogP contribution in [-0.4, -0.2) is 125 Å². The van der Waals surface area contributed by atoms with Crippen molar-refractivity contribution in [1.29, 1.82) is 0 Å². The Bertz CT molecular complexity index is 1640. The Balaban J connectivity index is 0.000000653. The smallest absolute Gasteiger partial charge is 0.314 e. The van der Waals surface area contributed by atoms with Crippen molar-refractivity contribution >= 4 is 62.0 Å². The number of carbonyl (C=O) groups is 2. The second kappa shape index (κ2) is 26.9. The molecule has 2 aromatic rings. The van der Waals surface area contributed by atoms with Crippen LogP contribution in [0.3, 0.4) is 0 Å². The molecule has 2 aromatic carbocycles. The number of carbonyl (C=O) groups excluding carboxylic acids is 2. The van der Waals surface area contributed by atoms with E-state index in [0.29, 0.717) is 63.1 Å². The third-order valence-corrected chi connectivity index (χ3v) is 28.2. The first kappa shape index (κ1) is 61.4. The van der Waals surface area contributed by atoms with Crippen LogP contribution in [0.4, 0.5) is 0 Å². The summed E-state index contributed by atoms with van der Waals surface area (Å²) in [5.74, 6) is 1.05. The fraction of sp³-hybridized carbons (Fsp3) is 0.702. The highest BCUT2D eigenvalue weighted by molar-refractivity contribution is 6.88. The molecular formula is C47H90O12Si6. The van der Waals surface area contributed by atoms with Crippen LogP contribution in [0, 0.1) is 0 Å². The van der Waals surface area contributed by atoms with Crippen LogP contribution in [0.1, 0.15) is 74.6 Å². The van der Waals surface area contributed by atoms with Crippen LogP contribution in [0.5, 0.6) is 11.5 Å². The molecule has 0 radical (unpaired) electrons. The standard InChI is InChI=1S/C25H48O6Si3.C22H42O6Si3/c1-11-17-29-25(2,3)24(26)22-13-15-23(16-14-22)28-20-19-27-18-12-21-34(10,30-32(4,5)6)31-33(7,8)9;1-22(2,24)21(23)19-11-13-20(14-12-19)26-17-16-25-15-10-18-31(9,27-29(3,4)5)28-30(6,7)8/h13-16H,11-12,17-21H2,1-10H3;11-14,24H,10,15-18H2,1-9H3. The van der Waals surface area contributed by atoms with Gasteiger partial charge in [0.15, 0.2) is 44.8 Å². The highest BCUT2D eigenvalue weighted by atomic mass is 28.5. The van der Waals surface area contributed by atoms with Gasteiger partial charge in [0, 0.05) is 30.9 Å². The summed E-state index contributed by atoms with van der Waals surface area (Å²) in [5.41, 5.74) is -1.12. The molecule has 0 aliphatic carbocycles. The maximum absolute atomic E-state index is 12.7. The van der Waals surface area contributed by atoms with E-state index in [1.165, 1.54) is 13.8 Å². The second-order valence-electron chi connectivity index (χ2n) is 21.9. The number of benzene rings is 2. The summed E-state index contributed by atoms with van der Waals surface area (Å²) in [6.07, 6.45) is 2.71. The minimum absolute atomic E-state index is 0.0254. The molecule has 0 fully saturated rings. The van der Waals surface area contributed by atoms with Gasteiger partial charge in [-0.2, -0.15) is 0 Å². The van der Waals surface area contributed by atoms with E-state index < -0.39 is 61.6 Å². The fourth-order valence-electron chi connectivity index (χ4n) is 7.00. The number of aliphatic hydroxyl groups is 1. The van der Waals surface area contributed by atoms with Crippen LogP contribution in [0.25, 0.3) is 0 Å². The summed E-state index contributed by atoms with van der Waals surface area (Å²) in [6.45, 7) is 43.4. The number of Topliss-reactive ketones (excluding diaryl/α,β-unsaturated/α-hetero) is 2. The van der Waals surface area contributed by atoms with Crippen LogP contribution < -0.4 is 9.47 Å². The van der Waals surface area contributed by atoms with Gasteiger partial charge in [-0.1, -0.05) is 6.92 Å². The molecule has 0 atom stereocenters. The number of ketones is 2. The quantitative estimate of drug-likeness (QED) is 0.0437. The van der Waals surface area contributed by atoms with Gasteiger partial charge in [0.1, 0.15) is 35.9 Å².